The van der Waals surface area contributed by atoms with Crippen LogP contribution in [-0.4, -0.2) is 0 Å². The van der Waals surface area contributed by atoms with E-state index in [0.29, 0.717) is 5.92 Å². The van der Waals surface area contributed by atoms with E-state index in [-0.39, 0.29) is 6.10 Å². The van der Waals surface area contributed by atoms with Gasteiger partial charge in [0.25, 0.3) is 0 Å². The first-order valence-corrected chi connectivity index (χ1v) is 9.17. The summed E-state index contributed by atoms with van der Waals surface area (Å²) in [5.41, 5.74) is 7.71. The van der Waals surface area contributed by atoms with Crippen LogP contribution in [0, 0.1) is 26.7 Å². The highest BCUT2D eigenvalue weighted by atomic mass is 16.5. The minimum atomic E-state index is 0.126. The minimum Gasteiger partial charge on any atom is -0.485 e. The molecule has 0 aromatic heterocycles. The van der Waals surface area contributed by atoms with Crippen LogP contribution in [0.2, 0.25) is 0 Å². The van der Waals surface area contributed by atoms with Gasteiger partial charge in [0.05, 0.1) is 0 Å². The van der Waals surface area contributed by atoms with Gasteiger partial charge in [-0.1, -0.05) is 62.1 Å². The third-order valence-corrected chi connectivity index (χ3v) is 5.35. The van der Waals surface area contributed by atoms with E-state index in [1.54, 1.807) is 0 Å². The van der Waals surface area contributed by atoms with Gasteiger partial charge in [0.1, 0.15) is 11.9 Å². The fourth-order valence-corrected chi connectivity index (χ4v) is 3.97. The predicted molar refractivity (Wildman–Crippen MR) is 107 cm³/mol. The first-order valence-electron chi connectivity index (χ1n) is 9.17. The molecule has 0 amide bonds. The van der Waals surface area contributed by atoms with Crippen LogP contribution in [0.15, 0.2) is 49.1 Å². The maximum Gasteiger partial charge on any atom is 0.127 e. The quantitative estimate of drug-likeness (QED) is 0.580. The largest absolute Gasteiger partial charge is 0.485 e. The number of ether oxygens (including phenoxy) is 1. The van der Waals surface area contributed by atoms with Gasteiger partial charge in [-0.25, -0.2) is 0 Å². The third kappa shape index (κ3) is 3.42. The Morgan fingerprint density at radius 1 is 1.12 bits per heavy atom. The summed E-state index contributed by atoms with van der Waals surface area (Å²) in [4.78, 5) is 0. The summed E-state index contributed by atoms with van der Waals surface area (Å²) < 4.78 is 6.67. The Bertz CT molecular complexity index is 813. The highest BCUT2D eigenvalue weighted by Gasteiger charge is 2.29. The molecule has 1 nitrogen and oxygen atoms in total. The summed E-state index contributed by atoms with van der Waals surface area (Å²) in [5.74, 6) is 1.55. The van der Waals surface area contributed by atoms with Gasteiger partial charge < -0.3 is 4.74 Å². The first-order chi connectivity index (χ1) is 12.0. The molecule has 0 radical (unpaired) electrons. The molecule has 0 heterocycles. The van der Waals surface area contributed by atoms with Gasteiger partial charge in [-0.05, 0) is 72.9 Å². The second kappa shape index (κ2) is 7.31. The molecule has 0 aliphatic heterocycles. The fourth-order valence-electron chi connectivity index (χ4n) is 3.97. The van der Waals surface area contributed by atoms with Crippen LogP contribution in [0.1, 0.15) is 52.8 Å². The van der Waals surface area contributed by atoms with Crippen LogP contribution in [-0.2, 0) is 6.42 Å². The average molecular weight is 332 g/mol. The number of rotatable bonds is 4. The lowest BCUT2D eigenvalue weighted by Crippen LogP contribution is -2.23. The van der Waals surface area contributed by atoms with Crippen LogP contribution in [0.3, 0.4) is 0 Å². The second-order valence-corrected chi connectivity index (χ2v) is 7.23. The van der Waals surface area contributed by atoms with Gasteiger partial charge in [0, 0.05) is 0 Å². The van der Waals surface area contributed by atoms with Gasteiger partial charge in [0.15, 0.2) is 0 Å². The van der Waals surface area contributed by atoms with E-state index in [0.717, 1.165) is 12.2 Å². The van der Waals surface area contributed by atoms with Crippen LogP contribution in [0.25, 0.3) is 6.08 Å². The van der Waals surface area contributed by atoms with Crippen molar-refractivity contribution in [2.45, 2.75) is 46.6 Å². The van der Waals surface area contributed by atoms with Gasteiger partial charge in [-0.15, -0.1) is 0 Å². The van der Waals surface area contributed by atoms with E-state index < -0.39 is 0 Å². The van der Waals surface area contributed by atoms with Crippen LogP contribution in [0.5, 0.6) is 5.75 Å². The molecule has 0 saturated heterocycles. The van der Waals surface area contributed by atoms with E-state index >= 15 is 0 Å². The van der Waals surface area contributed by atoms with Crippen molar-refractivity contribution in [2.75, 3.05) is 0 Å². The summed E-state index contributed by atoms with van der Waals surface area (Å²) in [6.07, 6.45) is 8.39. The normalized spacial score (nSPS) is 19.7. The fraction of sp³-hybridized carbons (Fsp3) is 0.333. The van der Waals surface area contributed by atoms with Gasteiger partial charge >= 0.3 is 0 Å². The molecule has 0 bridgehead atoms. The molecule has 130 valence electrons. The van der Waals surface area contributed by atoms with Crippen molar-refractivity contribution in [2.24, 2.45) is 5.92 Å². The number of allylic oxidation sites excluding steroid dienone is 2. The standard InChI is InChI=1S/C24H28O/c1-6-7-11-21-17(3)15-18(4)23(19(21)5)25-24-16(2)13-14-20-10-8-9-12-22(20)24/h6-12,15-16,24H,1,13-14H2,2-5H3/b11-7-/t16?,24-/m1/s1. The molecule has 3 rings (SSSR count). The van der Waals surface area contributed by atoms with Gasteiger partial charge in [-0.3, -0.25) is 0 Å². The van der Waals surface area contributed by atoms with Crippen molar-refractivity contribution in [1.82, 2.24) is 0 Å². The molecule has 2 aromatic carbocycles. The molecule has 2 atom stereocenters. The maximum atomic E-state index is 6.67. The van der Waals surface area contributed by atoms with Gasteiger partial charge in [-0.2, -0.15) is 0 Å². The molecule has 0 N–H and O–H groups in total. The Kier molecular flexibility index (Phi) is 5.13. The summed E-state index contributed by atoms with van der Waals surface area (Å²) in [7, 11) is 0. The molecule has 0 spiro atoms. The molecular formula is C24H28O. The number of benzene rings is 2. The molecule has 0 saturated carbocycles. The predicted octanol–water partition coefficient (Wildman–Crippen LogP) is 6.51. The summed E-state index contributed by atoms with van der Waals surface area (Å²) in [6.45, 7) is 12.6. The van der Waals surface area contributed by atoms with Gasteiger partial charge in [0.2, 0.25) is 0 Å². The topological polar surface area (TPSA) is 9.23 Å². The number of aryl methyl sites for hydroxylation is 3. The smallest absolute Gasteiger partial charge is 0.127 e. The lowest BCUT2D eigenvalue weighted by atomic mass is 9.82. The lowest BCUT2D eigenvalue weighted by Gasteiger charge is -2.33. The summed E-state index contributed by atoms with van der Waals surface area (Å²) >= 11 is 0. The van der Waals surface area contributed by atoms with Crippen molar-refractivity contribution < 1.29 is 4.74 Å². The highest BCUT2D eigenvalue weighted by Crippen LogP contribution is 2.40. The Balaban J connectivity index is 2.03. The lowest BCUT2D eigenvalue weighted by molar-refractivity contribution is 0.127. The third-order valence-electron chi connectivity index (χ3n) is 5.35. The summed E-state index contributed by atoms with van der Waals surface area (Å²) in [5, 5.41) is 0. The van der Waals surface area contributed by atoms with Crippen LogP contribution >= 0.6 is 0 Å². The zero-order valence-corrected chi connectivity index (χ0v) is 15.8. The summed E-state index contributed by atoms with van der Waals surface area (Å²) in [6, 6.07) is 11.0. The Labute approximate surface area is 152 Å². The average Bonchev–Trinajstić information content (AvgIpc) is 2.60. The Morgan fingerprint density at radius 3 is 2.64 bits per heavy atom. The van der Waals surface area contributed by atoms with E-state index in [2.05, 4.69) is 70.7 Å². The minimum absolute atomic E-state index is 0.126. The van der Waals surface area contributed by atoms with Crippen molar-refractivity contribution in [3.05, 3.63) is 82.4 Å². The number of fused-ring (bicyclic) bond motifs is 1. The van der Waals surface area contributed by atoms with Crippen LogP contribution < -0.4 is 4.74 Å². The Hall–Kier alpha value is -2.28. The maximum absolute atomic E-state index is 6.67. The molecule has 1 heteroatoms. The van der Waals surface area contributed by atoms with E-state index in [1.807, 2.05) is 12.2 Å². The zero-order valence-electron chi connectivity index (χ0n) is 15.8. The number of hydrogen-bond acceptors (Lipinski definition) is 1. The van der Waals surface area contributed by atoms with Crippen molar-refractivity contribution in [3.63, 3.8) is 0 Å². The van der Waals surface area contributed by atoms with E-state index in [9.17, 15) is 0 Å². The van der Waals surface area contributed by atoms with E-state index in [1.165, 1.54) is 39.8 Å². The molecule has 1 unspecified atom stereocenters. The molecule has 2 aromatic rings. The molecule has 1 aliphatic rings. The zero-order chi connectivity index (χ0) is 18.0. The Morgan fingerprint density at radius 2 is 1.88 bits per heavy atom. The van der Waals surface area contributed by atoms with Crippen molar-refractivity contribution in [3.8, 4) is 5.75 Å². The highest BCUT2D eigenvalue weighted by molar-refractivity contribution is 5.64. The van der Waals surface area contributed by atoms with Crippen LogP contribution in [0.4, 0.5) is 0 Å². The van der Waals surface area contributed by atoms with Crippen molar-refractivity contribution >= 4 is 6.08 Å². The SMILES string of the molecule is C=C/C=C\c1c(C)cc(C)c(O[C@H]2c3ccccc3CCC2C)c1C. The monoisotopic (exact) mass is 332 g/mol. The molecule has 1 aliphatic carbocycles. The molecule has 25 heavy (non-hydrogen) atoms. The first kappa shape index (κ1) is 17.5. The molecular weight excluding hydrogens is 304 g/mol. The number of hydrogen-bond donors (Lipinski definition) is 0. The van der Waals surface area contributed by atoms with Crippen molar-refractivity contribution in [1.29, 1.82) is 0 Å². The second-order valence-electron chi connectivity index (χ2n) is 7.23. The molecule has 0 fully saturated rings. The van der Waals surface area contributed by atoms with E-state index in [4.69, 9.17) is 4.74 Å².